The van der Waals surface area contributed by atoms with Gasteiger partial charge in [-0.2, -0.15) is 0 Å². The Hall–Kier alpha value is -2.62. The van der Waals surface area contributed by atoms with Crippen molar-refractivity contribution < 1.29 is 18.1 Å². The van der Waals surface area contributed by atoms with Gasteiger partial charge in [-0.1, -0.05) is 27.1 Å². The van der Waals surface area contributed by atoms with Crippen molar-refractivity contribution in [3.05, 3.63) is 52.8 Å². The maximum atomic E-state index is 13.3. The Morgan fingerprint density at radius 3 is 2.72 bits per heavy atom. The van der Waals surface area contributed by atoms with Crippen molar-refractivity contribution in [3.63, 3.8) is 0 Å². The number of hydrogen-bond donors (Lipinski definition) is 1. The molecule has 9 heteroatoms. The van der Waals surface area contributed by atoms with E-state index >= 15 is 0 Å². The van der Waals surface area contributed by atoms with Crippen LogP contribution in [-0.2, 0) is 14.6 Å². The Morgan fingerprint density at radius 2 is 2.03 bits per heavy atom. The molecule has 1 aliphatic rings. The van der Waals surface area contributed by atoms with E-state index in [0.717, 1.165) is 5.56 Å². The number of carbonyl (C=O) groups excluding carboxylic acids is 1. The van der Waals surface area contributed by atoms with Gasteiger partial charge in [-0.05, 0) is 44.9 Å². The van der Waals surface area contributed by atoms with Crippen molar-refractivity contribution in [3.8, 4) is 0 Å². The second kappa shape index (κ2) is 7.33. The van der Waals surface area contributed by atoms with E-state index in [1.54, 1.807) is 44.3 Å². The molecule has 1 aromatic carbocycles. The quantitative estimate of drug-likeness (QED) is 0.657. The van der Waals surface area contributed by atoms with Crippen LogP contribution in [0.5, 0.6) is 0 Å². The normalized spacial score (nSPS) is 19.4. The Bertz CT molecular complexity index is 1130. The highest BCUT2D eigenvalue weighted by atomic mass is 32.3. The average molecular weight is 414 g/mol. The summed E-state index contributed by atoms with van der Waals surface area (Å²) in [7, 11) is -2.17. The number of nitrogens with one attached hydrogen (secondary N) is 1. The van der Waals surface area contributed by atoms with E-state index in [2.05, 4.69) is 15.5 Å². The lowest BCUT2D eigenvalue weighted by molar-refractivity contribution is 0.0964. The monoisotopic (exact) mass is 414 g/mol. The predicted molar refractivity (Wildman–Crippen MR) is 107 cm³/mol. The lowest BCUT2D eigenvalue weighted by Crippen LogP contribution is -2.36. The maximum Gasteiger partial charge on any atom is 0.259 e. The van der Waals surface area contributed by atoms with Gasteiger partial charge in [0.1, 0.15) is 11.7 Å². The van der Waals surface area contributed by atoms with Gasteiger partial charge in [0.15, 0.2) is 15.3 Å². The van der Waals surface area contributed by atoms with Gasteiger partial charge in [0.05, 0.1) is 10.9 Å². The predicted octanol–water partition coefficient (Wildman–Crippen LogP) is 2.94. The molecule has 3 heterocycles. The second-order valence-corrected chi connectivity index (χ2v) is 9.12. The molecule has 152 valence electrons. The van der Waals surface area contributed by atoms with Crippen LogP contribution in [-0.4, -0.2) is 38.5 Å². The topological polar surface area (TPSA) is 111 Å². The number of sulfonamides is 1. The standard InChI is InChI=1S/C20H22N4O4S/c1-12-6-8-14(9-7-12)29(26,27)24-10-4-5-16(24)18-17-15(19(25)21-3)11-13(2)22-20(17)28-23-18/h6-9,11,16H,4-5,10H2,1-3H3,(H-,21,25,26,27). The minimum atomic E-state index is -3.72. The Morgan fingerprint density at radius 1 is 1.31 bits per heavy atom. The first kappa shape index (κ1) is 19.7. The molecule has 1 aliphatic heterocycles. The SMILES string of the molecule is CNC(=O)c1cc(C)nc2onc(C3CCCN3[S+](=O)([O-])c3ccc(C)cc3)c12. The summed E-state index contributed by atoms with van der Waals surface area (Å²) in [5.41, 5.74) is 2.65. The summed E-state index contributed by atoms with van der Waals surface area (Å²) in [6.07, 6.45) is 1.28. The molecule has 0 aliphatic carbocycles. The second-order valence-electron chi connectivity index (χ2n) is 7.23. The van der Waals surface area contributed by atoms with Crippen LogP contribution in [0.15, 0.2) is 39.8 Å². The minimum Gasteiger partial charge on any atom is -0.593 e. The summed E-state index contributed by atoms with van der Waals surface area (Å²) in [6.45, 7) is 4.05. The molecule has 0 saturated carbocycles. The summed E-state index contributed by atoms with van der Waals surface area (Å²) >= 11 is 0. The van der Waals surface area contributed by atoms with Gasteiger partial charge in [-0.25, -0.2) is 4.98 Å². The molecule has 1 N–H and O–H groups in total. The molecular weight excluding hydrogens is 392 g/mol. The van der Waals surface area contributed by atoms with Crippen molar-refractivity contribution in [2.45, 2.75) is 37.6 Å². The molecule has 1 amide bonds. The van der Waals surface area contributed by atoms with Crippen molar-refractivity contribution >= 4 is 27.4 Å². The van der Waals surface area contributed by atoms with Gasteiger partial charge < -0.3 is 14.4 Å². The fraction of sp³-hybridized carbons (Fsp3) is 0.350. The Labute approximate surface area is 169 Å². The van der Waals surface area contributed by atoms with Crippen molar-refractivity contribution in [1.82, 2.24) is 19.8 Å². The van der Waals surface area contributed by atoms with Crippen LogP contribution in [0.1, 0.15) is 46.2 Å². The zero-order valence-corrected chi connectivity index (χ0v) is 17.3. The highest BCUT2D eigenvalue weighted by molar-refractivity contribution is 7.95. The number of nitrogens with zero attached hydrogens (tertiary/aromatic N) is 3. The molecule has 0 spiro atoms. The van der Waals surface area contributed by atoms with E-state index < -0.39 is 16.4 Å². The van der Waals surface area contributed by atoms with Gasteiger partial charge in [-0.3, -0.25) is 4.79 Å². The number of aromatic nitrogens is 2. The molecule has 2 aromatic heterocycles. The van der Waals surface area contributed by atoms with E-state index in [0.29, 0.717) is 41.7 Å². The Kier molecular flexibility index (Phi) is 4.97. The van der Waals surface area contributed by atoms with Crippen LogP contribution in [0.3, 0.4) is 0 Å². The molecule has 8 nitrogen and oxygen atoms in total. The van der Waals surface area contributed by atoms with Crippen molar-refractivity contribution in [1.29, 1.82) is 0 Å². The number of hydrogen-bond acceptors (Lipinski definition) is 6. The number of amides is 1. The summed E-state index contributed by atoms with van der Waals surface area (Å²) in [6, 6.07) is 7.93. The smallest absolute Gasteiger partial charge is 0.259 e. The molecule has 4 rings (SSSR count). The minimum absolute atomic E-state index is 0.234. The number of pyridine rings is 1. The van der Waals surface area contributed by atoms with E-state index in [1.165, 1.54) is 4.31 Å². The molecule has 1 saturated heterocycles. The van der Waals surface area contributed by atoms with E-state index in [9.17, 15) is 13.6 Å². The van der Waals surface area contributed by atoms with E-state index in [-0.39, 0.29) is 16.5 Å². The highest BCUT2D eigenvalue weighted by Crippen LogP contribution is 2.41. The molecule has 2 atom stereocenters. The third kappa shape index (κ3) is 3.35. The van der Waals surface area contributed by atoms with Gasteiger partial charge >= 0.3 is 0 Å². The molecule has 29 heavy (non-hydrogen) atoms. The van der Waals surface area contributed by atoms with Gasteiger partial charge in [0.2, 0.25) is 0 Å². The number of benzene rings is 1. The van der Waals surface area contributed by atoms with Crippen molar-refractivity contribution in [2.24, 2.45) is 0 Å². The third-order valence-electron chi connectivity index (χ3n) is 5.22. The number of fused-ring (bicyclic) bond motifs is 1. The molecule has 2 unspecified atom stereocenters. The molecule has 0 bridgehead atoms. The first-order chi connectivity index (χ1) is 13.8. The van der Waals surface area contributed by atoms with Crippen LogP contribution in [0.4, 0.5) is 0 Å². The zero-order chi connectivity index (χ0) is 20.8. The average Bonchev–Trinajstić information content (AvgIpc) is 3.34. The van der Waals surface area contributed by atoms with Gasteiger partial charge in [0, 0.05) is 19.3 Å². The summed E-state index contributed by atoms with van der Waals surface area (Å²) in [5, 5.41) is 7.22. The first-order valence-corrected chi connectivity index (χ1v) is 10.8. The van der Waals surface area contributed by atoms with Crippen LogP contribution < -0.4 is 5.32 Å². The number of aryl methyl sites for hydroxylation is 2. The number of rotatable bonds is 4. The lowest BCUT2D eigenvalue weighted by Gasteiger charge is -2.27. The Balaban J connectivity index is 1.82. The van der Waals surface area contributed by atoms with Crippen molar-refractivity contribution in [2.75, 3.05) is 13.6 Å². The molecule has 0 radical (unpaired) electrons. The fourth-order valence-electron chi connectivity index (χ4n) is 3.78. The summed E-state index contributed by atoms with van der Waals surface area (Å²) in [4.78, 5) is 17.0. The third-order valence-corrected chi connectivity index (χ3v) is 7.14. The molecular formula is C20H22N4O4S. The van der Waals surface area contributed by atoms with Crippen LogP contribution in [0, 0.1) is 13.8 Å². The number of carbonyl (C=O) groups is 1. The summed E-state index contributed by atoms with van der Waals surface area (Å²) in [5.74, 6) is -0.295. The zero-order valence-electron chi connectivity index (χ0n) is 16.5. The maximum absolute atomic E-state index is 13.3. The van der Waals surface area contributed by atoms with Gasteiger partial charge in [0.25, 0.3) is 11.6 Å². The van der Waals surface area contributed by atoms with Crippen LogP contribution >= 0.6 is 0 Å². The molecule has 1 fully saturated rings. The first-order valence-electron chi connectivity index (χ1n) is 9.40. The van der Waals surface area contributed by atoms with E-state index in [4.69, 9.17) is 4.52 Å². The molecule has 3 aromatic rings. The fourth-order valence-corrected chi connectivity index (χ4v) is 5.44. The van der Waals surface area contributed by atoms with Gasteiger partial charge in [-0.15, -0.1) is 4.31 Å². The largest absolute Gasteiger partial charge is 0.593 e. The van der Waals surface area contributed by atoms with Crippen LogP contribution in [0.25, 0.3) is 11.1 Å². The highest BCUT2D eigenvalue weighted by Gasteiger charge is 2.43. The van der Waals surface area contributed by atoms with Crippen LogP contribution in [0.2, 0.25) is 0 Å². The summed E-state index contributed by atoms with van der Waals surface area (Å²) < 4.78 is 33.4. The lowest BCUT2D eigenvalue weighted by atomic mass is 10.0. The van der Waals surface area contributed by atoms with E-state index in [1.807, 2.05) is 6.92 Å².